The molecule has 136 valence electrons. The molecule has 2 aromatic rings. The number of carbonyl (C=O) groups excluding carboxylic acids is 1. The standard InChI is InChI=1S/C20H21NO5/c1-11(2)3-8-14-15(23)9-18(26-21)19-16(24)10-17(25-20(14)19)12-4-6-13(22)7-5-12/h3-7,9,17,22-23H,8,10,21H2,1-2H3. The van der Waals surface area contributed by atoms with Crippen molar-refractivity contribution in [3.05, 3.63) is 58.7 Å². The summed E-state index contributed by atoms with van der Waals surface area (Å²) in [6.45, 7) is 3.90. The van der Waals surface area contributed by atoms with Gasteiger partial charge in [-0.25, -0.2) is 0 Å². The molecule has 6 heteroatoms. The van der Waals surface area contributed by atoms with Crippen LogP contribution < -0.4 is 15.5 Å². The normalized spacial score (nSPS) is 15.8. The minimum atomic E-state index is -0.520. The molecule has 1 aliphatic heterocycles. The zero-order chi connectivity index (χ0) is 18.8. The van der Waals surface area contributed by atoms with Gasteiger partial charge >= 0.3 is 0 Å². The lowest BCUT2D eigenvalue weighted by atomic mass is 9.92. The molecule has 4 N–H and O–H groups in total. The number of allylic oxidation sites excluding steroid dienone is 2. The Hall–Kier alpha value is -2.99. The SMILES string of the molecule is CC(C)=CCc1c(O)cc(ON)c2c1OC(c1ccc(O)cc1)CC2=O. The molecule has 0 spiro atoms. The second kappa shape index (κ2) is 7.09. The minimum Gasteiger partial charge on any atom is -0.508 e. The van der Waals surface area contributed by atoms with Crippen LogP contribution in [-0.4, -0.2) is 16.0 Å². The Morgan fingerprint density at radius 2 is 2.00 bits per heavy atom. The summed E-state index contributed by atoms with van der Waals surface area (Å²) in [4.78, 5) is 17.5. The monoisotopic (exact) mass is 355 g/mol. The number of fused-ring (bicyclic) bond motifs is 1. The Labute approximate surface area is 151 Å². The van der Waals surface area contributed by atoms with E-state index in [1.54, 1.807) is 24.3 Å². The molecular weight excluding hydrogens is 334 g/mol. The first-order chi connectivity index (χ1) is 12.4. The summed E-state index contributed by atoms with van der Waals surface area (Å²) in [6, 6.07) is 7.84. The molecule has 0 saturated heterocycles. The van der Waals surface area contributed by atoms with Gasteiger partial charge in [0.2, 0.25) is 0 Å². The van der Waals surface area contributed by atoms with Gasteiger partial charge in [0.25, 0.3) is 0 Å². The molecule has 0 radical (unpaired) electrons. The second-order valence-electron chi connectivity index (χ2n) is 6.51. The predicted molar refractivity (Wildman–Crippen MR) is 96.5 cm³/mol. The Morgan fingerprint density at radius 3 is 2.62 bits per heavy atom. The topological polar surface area (TPSA) is 102 Å². The number of benzene rings is 2. The number of rotatable bonds is 4. The Bertz CT molecular complexity index is 867. The molecule has 0 aliphatic carbocycles. The molecule has 1 heterocycles. The number of Topliss-reactive ketones (excluding diaryl/α,β-unsaturated/α-hetero) is 1. The molecule has 0 saturated carbocycles. The number of phenolic OH excluding ortho intramolecular Hbond substituents is 2. The van der Waals surface area contributed by atoms with Crippen molar-refractivity contribution in [2.24, 2.45) is 5.90 Å². The lowest BCUT2D eigenvalue weighted by molar-refractivity contribution is 0.0840. The maximum atomic E-state index is 12.8. The lowest BCUT2D eigenvalue weighted by Crippen LogP contribution is -2.23. The number of aromatic hydroxyl groups is 2. The van der Waals surface area contributed by atoms with Crippen molar-refractivity contribution in [3.8, 4) is 23.0 Å². The van der Waals surface area contributed by atoms with Gasteiger partial charge in [0.05, 0.1) is 6.42 Å². The van der Waals surface area contributed by atoms with E-state index in [1.807, 2.05) is 19.9 Å². The minimum absolute atomic E-state index is 0.0409. The zero-order valence-electron chi connectivity index (χ0n) is 14.7. The average molecular weight is 355 g/mol. The van der Waals surface area contributed by atoms with E-state index in [1.165, 1.54) is 6.07 Å². The number of ether oxygens (including phenoxy) is 1. The summed E-state index contributed by atoms with van der Waals surface area (Å²) >= 11 is 0. The fourth-order valence-electron chi connectivity index (χ4n) is 2.98. The molecule has 0 fully saturated rings. The van der Waals surface area contributed by atoms with Crippen molar-refractivity contribution in [2.75, 3.05) is 0 Å². The molecule has 0 aromatic heterocycles. The second-order valence-corrected chi connectivity index (χ2v) is 6.51. The fraction of sp³-hybridized carbons (Fsp3) is 0.250. The van der Waals surface area contributed by atoms with E-state index >= 15 is 0 Å². The van der Waals surface area contributed by atoms with Crippen LogP contribution in [0.2, 0.25) is 0 Å². The van der Waals surface area contributed by atoms with Crippen molar-refractivity contribution in [2.45, 2.75) is 32.8 Å². The van der Waals surface area contributed by atoms with E-state index in [0.29, 0.717) is 12.0 Å². The highest BCUT2D eigenvalue weighted by molar-refractivity contribution is 6.03. The first-order valence-electron chi connectivity index (χ1n) is 8.28. The average Bonchev–Trinajstić information content (AvgIpc) is 2.60. The third-order valence-corrected chi connectivity index (χ3v) is 4.34. The van der Waals surface area contributed by atoms with Crippen molar-refractivity contribution in [1.29, 1.82) is 0 Å². The van der Waals surface area contributed by atoms with Gasteiger partial charge in [-0.3, -0.25) is 4.79 Å². The quantitative estimate of drug-likeness (QED) is 0.572. The summed E-state index contributed by atoms with van der Waals surface area (Å²) in [6.07, 6.45) is 1.95. The van der Waals surface area contributed by atoms with E-state index in [4.69, 9.17) is 15.5 Å². The van der Waals surface area contributed by atoms with Crippen LogP contribution in [0.3, 0.4) is 0 Å². The molecule has 1 atom stereocenters. The first-order valence-corrected chi connectivity index (χ1v) is 8.28. The molecule has 0 amide bonds. The van der Waals surface area contributed by atoms with Crippen LogP contribution >= 0.6 is 0 Å². The number of nitrogens with two attached hydrogens (primary N) is 1. The molecule has 3 rings (SSSR count). The van der Waals surface area contributed by atoms with Crippen molar-refractivity contribution >= 4 is 5.78 Å². The smallest absolute Gasteiger partial charge is 0.174 e. The third-order valence-electron chi connectivity index (χ3n) is 4.34. The lowest BCUT2D eigenvalue weighted by Gasteiger charge is -2.28. The van der Waals surface area contributed by atoms with E-state index in [-0.39, 0.29) is 40.8 Å². The summed E-state index contributed by atoms with van der Waals surface area (Å²) in [5, 5.41) is 19.8. The molecular formula is C20H21NO5. The molecule has 6 nitrogen and oxygen atoms in total. The van der Waals surface area contributed by atoms with Crippen LogP contribution in [-0.2, 0) is 6.42 Å². The maximum Gasteiger partial charge on any atom is 0.174 e. The van der Waals surface area contributed by atoms with Crippen LogP contribution in [0.5, 0.6) is 23.0 Å². The highest BCUT2D eigenvalue weighted by Gasteiger charge is 2.34. The van der Waals surface area contributed by atoms with Gasteiger partial charge in [0.15, 0.2) is 11.5 Å². The number of phenols is 2. The van der Waals surface area contributed by atoms with E-state index in [9.17, 15) is 15.0 Å². The Kier molecular flexibility index (Phi) is 4.86. The zero-order valence-corrected chi connectivity index (χ0v) is 14.7. The summed E-state index contributed by atoms with van der Waals surface area (Å²) < 4.78 is 6.09. The Balaban J connectivity index is 2.09. The Morgan fingerprint density at radius 1 is 1.31 bits per heavy atom. The highest BCUT2D eigenvalue weighted by atomic mass is 16.6. The van der Waals surface area contributed by atoms with Gasteiger partial charge in [-0.15, -0.1) is 0 Å². The molecule has 0 bridgehead atoms. The van der Waals surface area contributed by atoms with Gasteiger partial charge in [-0.1, -0.05) is 23.8 Å². The van der Waals surface area contributed by atoms with Crippen LogP contribution in [0.4, 0.5) is 0 Å². The number of hydrogen-bond donors (Lipinski definition) is 3. The summed E-state index contributed by atoms with van der Waals surface area (Å²) in [7, 11) is 0. The van der Waals surface area contributed by atoms with Crippen LogP contribution in [0.1, 0.15) is 47.9 Å². The number of ketones is 1. The molecule has 2 aromatic carbocycles. The van der Waals surface area contributed by atoms with E-state index in [2.05, 4.69) is 0 Å². The van der Waals surface area contributed by atoms with Crippen molar-refractivity contribution < 1.29 is 24.6 Å². The van der Waals surface area contributed by atoms with Crippen LogP contribution in [0.15, 0.2) is 42.0 Å². The molecule has 26 heavy (non-hydrogen) atoms. The molecule has 1 unspecified atom stereocenters. The molecule has 1 aliphatic rings. The van der Waals surface area contributed by atoms with Gasteiger partial charge in [0, 0.05) is 11.6 Å². The van der Waals surface area contributed by atoms with E-state index in [0.717, 1.165) is 11.1 Å². The number of hydrogen-bond acceptors (Lipinski definition) is 6. The van der Waals surface area contributed by atoms with Gasteiger partial charge < -0.3 is 19.8 Å². The van der Waals surface area contributed by atoms with Gasteiger partial charge in [-0.05, 0) is 38.0 Å². The maximum absolute atomic E-state index is 12.8. The van der Waals surface area contributed by atoms with Crippen LogP contribution in [0.25, 0.3) is 0 Å². The predicted octanol–water partition coefficient (Wildman–Crippen LogP) is 3.57. The summed E-state index contributed by atoms with van der Waals surface area (Å²) in [5.41, 5.74) is 2.60. The van der Waals surface area contributed by atoms with Crippen LogP contribution in [0, 0.1) is 0 Å². The largest absolute Gasteiger partial charge is 0.508 e. The number of carbonyl (C=O) groups is 1. The highest BCUT2D eigenvalue weighted by Crippen LogP contribution is 2.45. The van der Waals surface area contributed by atoms with E-state index < -0.39 is 6.10 Å². The fourth-order valence-corrected chi connectivity index (χ4v) is 2.98. The first kappa shape index (κ1) is 17.8. The summed E-state index contributed by atoms with van der Waals surface area (Å²) in [5.74, 6) is 5.58. The van der Waals surface area contributed by atoms with Gasteiger partial charge in [0.1, 0.15) is 28.9 Å². The van der Waals surface area contributed by atoms with Gasteiger partial charge in [-0.2, -0.15) is 5.90 Å². The van der Waals surface area contributed by atoms with Crippen molar-refractivity contribution in [3.63, 3.8) is 0 Å². The third kappa shape index (κ3) is 3.36. The van der Waals surface area contributed by atoms with Crippen molar-refractivity contribution in [1.82, 2.24) is 0 Å².